The third-order valence-corrected chi connectivity index (χ3v) is 5.18. The van der Waals surface area contributed by atoms with E-state index in [1.165, 1.54) is 4.90 Å². The molecular weight excluding hydrogens is 328 g/mol. The molecule has 26 heavy (non-hydrogen) atoms. The minimum absolute atomic E-state index is 0.144. The molecule has 0 saturated carbocycles. The molecule has 0 atom stereocenters. The summed E-state index contributed by atoms with van der Waals surface area (Å²) in [5.41, 5.74) is 1.78. The van der Waals surface area contributed by atoms with Crippen molar-refractivity contribution in [2.24, 2.45) is 0 Å². The van der Waals surface area contributed by atoms with Gasteiger partial charge in [-0.05, 0) is 25.3 Å². The van der Waals surface area contributed by atoms with E-state index in [1.807, 2.05) is 24.3 Å². The van der Waals surface area contributed by atoms with E-state index in [1.54, 1.807) is 7.11 Å². The fourth-order valence-corrected chi connectivity index (χ4v) is 3.79. The Morgan fingerprint density at radius 3 is 2.42 bits per heavy atom. The van der Waals surface area contributed by atoms with E-state index in [2.05, 4.69) is 11.8 Å². The number of hydrogen-bond donors (Lipinski definition) is 0. The Morgan fingerprint density at radius 1 is 1.00 bits per heavy atom. The summed E-state index contributed by atoms with van der Waals surface area (Å²) in [7, 11) is 1.60. The van der Waals surface area contributed by atoms with Crippen LogP contribution in [0.3, 0.4) is 0 Å². The zero-order valence-electron chi connectivity index (χ0n) is 15.8. The maximum atomic E-state index is 13.2. The number of likely N-dealkylation sites (tertiary alicyclic amines) is 1. The number of para-hydroxylation sites is 1. The van der Waals surface area contributed by atoms with E-state index in [0.717, 1.165) is 51.6 Å². The van der Waals surface area contributed by atoms with Crippen molar-refractivity contribution in [3.8, 4) is 5.75 Å². The number of carbonyl (C=O) groups is 2. The molecule has 1 aromatic rings. The van der Waals surface area contributed by atoms with Crippen LogP contribution < -0.4 is 4.74 Å². The zero-order valence-corrected chi connectivity index (χ0v) is 15.8. The predicted octanol–water partition coefficient (Wildman–Crippen LogP) is 3.45. The van der Waals surface area contributed by atoms with Crippen LogP contribution in [0.15, 0.2) is 30.0 Å². The van der Waals surface area contributed by atoms with Gasteiger partial charge in [-0.25, -0.2) is 0 Å². The largest absolute Gasteiger partial charge is 0.496 e. The smallest absolute Gasteiger partial charge is 0.277 e. The van der Waals surface area contributed by atoms with Crippen LogP contribution in [0.25, 0.3) is 5.57 Å². The number of ether oxygens (including phenoxy) is 1. The third-order valence-electron chi connectivity index (χ3n) is 5.18. The third kappa shape index (κ3) is 3.48. The fourth-order valence-electron chi connectivity index (χ4n) is 3.79. The van der Waals surface area contributed by atoms with Crippen LogP contribution in [0.4, 0.5) is 0 Å². The molecule has 0 unspecified atom stereocenters. The van der Waals surface area contributed by atoms with Gasteiger partial charge < -0.3 is 9.64 Å². The van der Waals surface area contributed by atoms with Gasteiger partial charge in [0.25, 0.3) is 11.8 Å². The van der Waals surface area contributed by atoms with E-state index >= 15 is 0 Å². The summed E-state index contributed by atoms with van der Waals surface area (Å²) < 4.78 is 5.47. The summed E-state index contributed by atoms with van der Waals surface area (Å²) in [5, 5.41) is 0. The van der Waals surface area contributed by atoms with Crippen LogP contribution in [0, 0.1) is 0 Å². The minimum atomic E-state index is -0.183. The second-order valence-electron chi connectivity index (χ2n) is 6.94. The first-order valence-electron chi connectivity index (χ1n) is 9.67. The Labute approximate surface area is 155 Å². The van der Waals surface area contributed by atoms with Crippen molar-refractivity contribution >= 4 is 17.4 Å². The van der Waals surface area contributed by atoms with Crippen LogP contribution in [0.1, 0.15) is 51.0 Å². The quantitative estimate of drug-likeness (QED) is 0.529. The molecule has 5 heteroatoms. The Morgan fingerprint density at radius 2 is 1.73 bits per heavy atom. The molecule has 0 spiro atoms. The van der Waals surface area contributed by atoms with Crippen LogP contribution in [0.5, 0.6) is 5.75 Å². The lowest BCUT2D eigenvalue weighted by molar-refractivity contribution is -0.137. The first-order valence-corrected chi connectivity index (χ1v) is 9.67. The molecule has 0 aromatic heterocycles. The number of carbonyl (C=O) groups excluding carboxylic acids is 2. The lowest BCUT2D eigenvalue weighted by Gasteiger charge is -2.20. The summed E-state index contributed by atoms with van der Waals surface area (Å²) in [6.45, 7) is 4.31. The van der Waals surface area contributed by atoms with Crippen LogP contribution in [0.2, 0.25) is 0 Å². The molecule has 1 aromatic carbocycles. The lowest BCUT2D eigenvalue weighted by Crippen LogP contribution is -2.35. The normalized spacial score (nSPS) is 17.6. The Balaban J connectivity index is 1.95. The predicted molar refractivity (Wildman–Crippen MR) is 102 cm³/mol. The van der Waals surface area contributed by atoms with Gasteiger partial charge in [-0.15, -0.1) is 0 Å². The molecule has 2 amide bonds. The van der Waals surface area contributed by atoms with E-state index in [-0.39, 0.29) is 11.8 Å². The summed E-state index contributed by atoms with van der Waals surface area (Å²) in [5.74, 6) is 0.306. The Kier molecular flexibility index (Phi) is 5.96. The number of rotatable bonds is 8. The summed E-state index contributed by atoms with van der Waals surface area (Å²) in [6.07, 6.45) is 6.27. The van der Waals surface area contributed by atoms with Gasteiger partial charge in [-0.3, -0.25) is 14.5 Å². The molecule has 1 saturated heterocycles. The van der Waals surface area contributed by atoms with Crippen molar-refractivity contribution in [2.75, 3.05) is 26.7 Å². The molecule has 3 rings (SSSR count). The Hall–Kier alpha value is -2.30. The maximum absolute atomic E-state index is 13.2. The highest BCUT2D eigenvalue weighted by atomic mass is 16.5. The average molecular weight is 356 g/mol. The van der Waals surface area contributed by atoms with Gasteiger partial charge in [0.15, 0.2) is 0 Å². The lowest BCUT2D eigenvalue weighted by atomic mass is 10.0. The molecule has 5 nitrogen and oxygen atoms in total. The molecule has 0 bridgehead atoms. The average Bonchev–Trinajstić information content (AvgIpc) is 3.26. The van der Waals surface area contributed by atoms with Crippen LogP contribution in [-0.2, 0) is 9.59 Å². The van der Waals surface area contributed by atoms with E-state index < -0.39 is 0 Å². The number of unbranched alkanes of at least 4 members (excludes halogenated alkanes) is 3. The highest BCUT2D eigenvalue weighted by Gasteiger charge is 2.42. The zero-order chi connectivity index (χ0) is 18.5. The number of methoxy groups -OCH3 is 1. The minimum Gasteiger partial charge on any atom is -0.496 e. The summed E-state index contributed by atoms with van der Waals surface area (Å²) >= 11 is 0. The fraction of sp³-hybridized carbons (Fsp3) is 0.524. The van der Waals surface area contributed by atoms with E-state index in [0.29, 0.717) is 29.1 Å². The highest BCUT2D eigenvalue weighted by Crippen LogP contribution is 2.37. The topological polar surface area (TPSA) is 49.9 Å². The van der Waals surface area contributed by atoms with Gasteiger partial charge in [-0.2, -0.15) is 0 Å². The maximum Gasteiger partial charge on any atom is 0.277 e. The van der Waals surface area contributed by atoms with Crippen molar-refractivity contribution in [3.05, 3.63) is 35.5 Å². The Bertz CT molecular complexity index is 705. The van der Waals surface area contributed by atoms with E-state index in [9.17, 15) is 9.59 Å². The molecular formula is C21H28N2O3. The van der Waals surface area contributed by atoms with Gasteiger partial charge in [0.1, 0.15) is 11.4 Å². The number of nitrogens with zero attached hydrogens (tertiary/aromatic N) is 2. The molecule has 140 valence electrons. The SMILES string of the molecule is CCCCCCN1C(=O)C(c2ccccc2OC)=C(N2CCCC2)C1=O. The van der Waals surface area contributed by atoms with Gasteiger partial charge in [0.2, 0.25) is 0 Å². The molecule has 0 N–H and O–H groups in total. The van der Waals surface area contributed by atoms with Gasteiger partial charge in [0.05, 0.1) is 12.7 Å². The van der Waals surface area contributed by atoms with Crippen LogP contribution >= 0.6 is 0 Å². The molecule has 1 fully saturated rings. The number of imide groups is 1. The van der Waals surface area contributed by atoms with E-state index in [4.69, 9.17) is 4.74 Å². The number of benzene rings is 1. The molecule has 0 aliphatic carbocycles. The van der Waals surface area contributed by atoms with Crippen molar-refractivity contribution < 1.29 is 14.3 Å². The second kappa shape index (κ2) is 8.39. The van der Waals surface area contributed by atoms with Crippen molar-refractivity contribution in [1.82, 2.24) is 9.80 Å². The van der Waals surface area contributed by atoms with Crippen LogP contribution in [-0.4, -0.2) is 48.4 Å². The van der Waals surface area contributed by atoms with Crippen molar-refractivity contribution in [2.45, 2.75) is 45.4 Å². The number of hydrogen-bond acceptors (Lipinski definition) is 4. The highest BCUT2D eigenvalue weighted by molar-refractivity contribution is 6.36. The van der Waals surface area contributed by atoms with Gasteiger partial charge in [-0.1, -0.05) is 44.4 Å². The monoisotopic (exact) mass is 356 g/mol. The molecule has 2 heterocycles. The van der Waals surface area contributed by atoms with Gasteiger partial charge in [0, 0.05) is 25.2 Å². The number of amides is 2. The standard InChI is InChI=1S/C21H28N2O3/c1-3-4-5-8-15-23-20(24)18(16-11-6-7-12-17(16)26-2)19(21(23)25)22-13-9-10-14-22/h6-7,11-12H,3-5,8-10,13-15H2,1-2H3. The molecule has 0 radical (unpaired) electrons. The summed E-state index contributed by atoms with van der Waals surface area (Å²) in [4.78, 5) is 29.8. The summed E-state index contributed by atoms with van der Waals surface area (Å²) in [6, 6.07) is 7.47. The molecule has 2 aliphatic rings. The van der Waals surface area contributed by atoms with Crippen molar-refractivity contribution in [3.63, 3.8) is 0 Å². The second-order valence-corrected chi connectivity index (χ2v) is 6.94. The first-order chi connectivity index (χ1) is 12.7. The van der Waals surface area contributed by atoms with Gasteiger partial charge >= 0.3 is 0 Å². The first kappa shape index (κ1) is 18.5. The van der Waals surface area contributed by atoms with Crippen molar-refractivity contribution in [1.29, 1.82) is 0 Å². The molecule has 2 aliphatic heterocycles.